The topological polar surface area (TPSA) is 26.3 Å². The van der Waals surface area contributed by atoms with Crippen LogP contribution in [0.4, 0.5) is 0 Å². The number of esters is 1. The third kappa shape index (κ3) is 9.12. The Kier molecular flexibility index (Phi) is 11.8. The maximum absolute atomic E-state index is 12.3. The molecule has 0 aromatic heterocycles. The number of benzene rings is 1. The van der Waals surface area contributed by atoms with Crippen LogP contribution in [0, 0.1) is 5.92 Å². The number of rotatable bonds is 13. The molecule has 0 aliphatic heterocycles. The van der Waals surface area contributed by atoms with E-state index < -0.39 is 0 Å². The van der Waals surface area contributed by atoms with E-state index in [-0.39, 0.29) is 23.2 Å². The van der Waals surface area contributed by atoms with E-state index in [1.807, 2.05) is 19.1 Å². The predicted molar refractivity (Wildman–Crippen MR) is 115 cm³/mol. The van der Waals surface area contributed by atoms with Gasteiger partial charge in [0.15, 0.2) is 0 Å². The standard InChI is InChI=1S/C23H38O2S/c1-5-6-7-8-9-10-11-12-13-20-14-16-21(17-15-20)23(24)25-22(18(2)3)19(4)26/h14-19,22,26H,5-13H2,1-4H3. The third-order valence-corrected chi connectivity index (χ3v) is 5.18. The van der Waals surface area contributed by atoms with Crippen molar-refractivity contribution in [2.75, 3.05) is 0 Å². The number of ether oxygens (including phenoxy) is 1. The molecule has 0 spiro atoms. The van der Waals surface area contributed by atoms with E-state index in [0.29, 0.717) is 5.56 Å². The number of aryl methyl sites for hydroxylation is 1. The molecule has 0 aliphatic rings. The van der Waals surface area contributed by atoms with Gasteiger partial charge in [-0.25, -0.2) is 4.79 Å². The number of unbranched alkanes of at least 4 members (excludes halogenated alkanes) is 7. The Balaban J connectivity index is 2.33. The summed E-state index contributed by atoms with van der Waals surface area (Å²) in [5.41, 5.74) is 1.93. The molecule has 0 saturated carbocycles. The molecular formula is C23H38O2S. The van der Waals surface area contributed by atoms with E-state index in [4.69, 9.17) is 4.74 Å². The zero-order chi connectivity index (χ0) is 19.4. The van der Waals surface area contributed by atoms with Crippen molar-refractivity contribution in [3.63, 3.8) is 0 Å². The second-order valence-electron chi connectivity index (χ2n) is 7.78. The minimum Gasteiger partial charge on any atom is -0.457 e. The van der Waals surface area contributed by atoms with E-state index in [0.717, 1.165) is 6.42 Å². The first-order valence-corrected chi connectivity index (χ1v) is 10.9. The zero-order valence-electron chi connectivity index (χ0n) is 17.2. The van der Waals surface area contributed by atoms with Gasteiger partial charge >= 0.3 is 5.97 Å². The van der Waals surface area contributed by atoms with E-state index in [1.54, 1.807) is 0 Å². The van der Waals surface area contributed by atoms with Crippen LogP contribution >= 0.6 is 12.6 Å². The van der Waals surface area contributed by atoms with Crippen molar-refractivity contribution in [3.8, 4) is 0 Å². The Morgan fingerprint density at radius 2 is 1.46 bits per heavy atom. The molecule has 0 saturated heterocycles. The molecule has 26 heavy (non-hydrogen) atoms. The first-order valence-electron chi connectivity index (χ1n) is 10.4. The Hall–Kier alpha value is -0.960. The highest BCUT2D eigenvalue weighted by atomic mass is 32.1. The molecule has 1 aromatic carbocycles. The first kappa shape index (κ1) is 23.1. The molecule has 2 atom stereocenters. The minimum absolute atomic E-state index is 0.0280. The van der Waals surface area contributed by atoms with Crippen molar-refractivity contribution in [2.24, 2.45) is 5.92 Å². The smallest absolute Gasteiger partial charge is 0.338 e. The number of hydrogen-bond donors (Lipinski definition) is 1. The summed E-state index contributed by atoms with van der Waals surface area (Å²) in [5, 5.41) is 0.0280. The summed E-state index contributed by atoms with van der Waals surface area (Å²) in [5.74, 6) is 0.0101. The second kappa shape index (κ2) is 13.2. The Morgan fingerprint density at radius 1 is 0.923 bits per heavy atom. The molecule has 3 heteroatoms. The Morgan fingerprint density at radius 3 is 1.96 bits per heavy atom. The summed E-state index contributed by atoms with van der Waals surface area (Å²) in [6, 6.07) is 7.91. The molecule has 2 nitrogen and oxygen atoms in total. The van der Waals surface area contributed by atoms with Crippen molar-refractivity contribution < 1.29 is 9.53 Å². The normalized spacial score (nSPS) is 13.6. The largest absolute Gasteiger partial charge is 0.457 e. The molecule has 2 unspecified atom stereocenters. The number of carbonyl (C=O) groups is 1. The van der Waals surface area contributed by atoms with Crippen LogP contribution in [0.15, 0.2) is 24.3 Å². The van der Waals surface area contributed by atoms with Crippen molar-refractivity contribution in [1.29, 1.82) is 0 Å². The predicted octanol–water partition coefficient (Wildman–Crippen LogP) is 6.87. The quantitative estimate of drug-likeness (QED) is 0.230. The lowest BCUT2D eigenvalue weighted by Crippen LogP contribution is -2.30. The van der Waals surface area contributed by atoms with Crippen molar-refractivity contribution in [1.82, 2.24) is 0 Å². The SMILES string of the molecule is CCCCCCCCCCc1ccc(C(=O)OC(C(C)C)C(C)S)cc1. The summed E-state index contributed by atoms with van der Waals surface area (Å²) in [4.78, 5) is 12.3. The molecule has 0 amide bonds. The molecule has 148 valence electrons. The number of hydrogen-bond acceptors (Lipinski definition) is 3. The van der Waals surface area contributed by atoms with Crippen LogP contribution in [-0.2, 0) is 11.2 Å². The maximum atomic E-state index is 12.3. The molecule has 1 rings (SSSR count). The van der Waals surface area contributed by atoms with Gasteiger partial charge in [0.05, 0.1) is 5.56 Å². The molecule has 0 heterocycles. The fraction of sp³-hybridized carbons (Fsp3) is 0.696. The van der Waals surface area contributed by atoms with Crippen LogP contribution in [0.25, 0.3) is 0 Å². The summed E-state index contributed by atoms with van der Waals surface area (Å²) < 4.78 is 5.64. The van der Waals surface area contributed by atoms with Gasteiger partial charge in [-0.15, -0.1) is 0 Å². The van der Waals surface area contributed by atoms with Gasteiger partial charge in [-0.2, -0.15) is 12.6 Å². The minimum atomic E-state index is -0.247. The average molecular weight is 379 g/mol. The van der Waals surface area contributed by atoms with E-state index >= 15 is 0 Å². The van der Waals surface area contributed by atoms with Gasteiger partial charge in [0.25, 0.3) is 0 Å². The molecule has 0 aliphatic carbocycles. The van der Waals surface area contributed by atoms with Crippen LogP contribution in [0.5, 0.6) is 0 Å². The van der Waals surface area contributed by atoms with Crippen LogP contribution in [0.3, 0.4) is 0 Å². The van der Waals surface area contributed by atoms with Gasteiger partial charge in [-0.05, 0) is 43.4 Å². The molecular weight excluding hydrogens is 340 g/mol. The van der Waals surface area contributed by atoms with Gasteiger partial charge in [-0.1, -0.05) is 77.8 Å². The van der Waals surface area contributed by atoms with Gasteiger partial charge < -0.3 is 4.74 Å². The number of thiol groups is 1. The van der Waals surface area contributed by atoms with Crippen LogP contribution in [-0.4, -0.2) is 17.3 Å². The maximum Gasteiger partial charge on any atom is 0.338 e. The number of carbonyl (C=O) groups excluding carboxylic acids is 1. The van der Waals surface area contributed by atoms with Crippen LogP contribution in [0.1, 0.15) is 95.0 Å². The van der Waals surface area contributed by atoms with Crippen molar-refractivity contribution in [2.45, 2.75) is 96.8 Å². The lowest BCUT2D eigenvalue weighted by molar-refractivity contribution is 0.0191. The van der Waals surface area contributed by atoms with Gasteiger partial charge in [0.2, 0.25) is 0 Å². The summed E-state index contributed by atoms with van der Waals surface area (Å²) in [6.07, 6.45) is 11.6. The summed E-state index contributed by atoms with van der Waals surface area (Å²) in [6.45, 7) is 8.33. The lowest BCUT2D eigenvalue weighted by atomic mass is 10.0. The molecule has 1 aromatic rings. The second-order valence-corrected chi connectivity index (χ2v) is 8.59. The van der Waals surface area contributed by atoms with Gasteiger partial charge in [0, 0.05) is 5.25 Å². The van der Waals surface area contributed by atoms with Gasteiger partial charge in [-0.3, -0.25) is 0 Å². The van der Waals surface area contributed by atoms with E-state index in [2.05, 4.69) is 45.5 Å². The average Bonchev–Trinajstić information content (AvgIpc) is 2.61. The Labute approximate surface area is 166 Å². The van der Waals surface area contributed by atoms with Crippen LogP contribution in [0.2, 0.25) is 0 Å². The highest BCUT2D eigenvalue weighted by molar-refractivity contribution is 7.81. The zero-order valence-corrected chi connectivity index (χ0v) is 18.1. The fourth-order valence-electron chi connectivity index (χ4n) is 3.25. The van der Waals surface area contributed by atoms with Crippen molar-refractivity contribution >= 4 is 18.6 Å². The van der Waals surface area contributed by atoms with E-state index in [9.17, 15) is 4.79 Å². The van der Waals surface area contributed by atoms with Crippen molar-refractivity contribution in [3.05, 3.63) is 35.4 Å². The van der Waals surface area contributed by atoms with E-state index in [1.165, 1.54) is 56.9 Å². The summed E-state index contributed by atoms with van der Waals surface area (Å²) in [7, 11) is 0. The fourth-order valence-corrected chi connectivity index (χ4v) is 3.66. The van der Waals surface area contributed by atoms with Gasteiger partial charge in [0.1, 0.15) is 6.10 Å². The first-order chi connectivity index (χ1) is 12.5. The highest BCUT2D eigenvalue weighted by Gasteiger charge is 2.23. The Bertz CT molecular complexity index is 485. The molecule has 0 fully saturated rings. The molecule has 0 bridgehead atoms. The van der Waals surface area contributed by atoms with Crippen LogP contribution < -0.4 is 0 Å². The lowest BCUT2D eigenvalue weighted by Gasteiger charge is -2.24. The molecule has 0 radical (unpaired) electrons. The highest BCUT2D eigenvalue weighted by Crippen LogP contribution is 2.18. The monoisotopic (exact) mass is 378 g/mol. The summed E-state index contributed by atoms with van der Waals surface area (Å²) >= 11 is 4.44. The molecule has 0 N–H and O–H groups in total. The third-order valence-electron chi connectivity index (χ3n) is 4.88.